The maximum atomic E-state index is 13.2. The highest BCUT2D eigenvalue weighted by Gasteiger charge is 2.30. The number of aliphatic imine (C=N–C) groups is 1. The Bertz CT molecular complexity index is 1160. The molecule has 2 saturated heterocycles. The van der Waals surface area contributed by atoms with Crippen molar-refractivity contribution in [3.05, 3.63) is 30.0 Å². The molecule has 0 aliphatic carbocycles. The number of fused-ring (bicyclic) bond motifs is 1. The van der Waals surface area contributed by atoms with Gasteiger partial charge in [0.25, 0.3) is 5.91 Å². The summed E-state index contributed by atoms with van der Waals surface area (Å²) in [7, 11) is 0. The van der Waals surface area contributed by atoms with Crippen molar-refractivity contribution in [3.63, 3.8) is 0 Å². The lowest BCUT2D eigenvalue weighted by Crippen LogP contribution is -2.45. The standard InChI is InChI=1S/C23H27N7O4/c24-14-26-23(27-16-6-7-18-15(11-16)12-19(34-18)21(25)32)28-17-5-1-2-10-30(22(17)33)13-20(31)29-8-3-4-9-29/h6-7,11-12,17H,1-5,8-10,13H2,(H2,25,32)(H2,26,27,28)/t17-/m0/s1. The molecule has 1 aromatic heterocycles. The van der Waals surface area contributed by atoms with E-state index in [1.165, 1.54) is 6.07 Å². The summed E-state index contributed by atoms with van der Waals surface area (Å²) in [6, 6.07) is 5.89. The number of primary amides is 1. The lowest BCUT2D eigenvalue weighted by atomic mass is 10.1. The molecule has 0 saturated carbocycles. The number of furan rings is 1. The topological polar surface area (TPSA) is 157 Å². The molecule has 2 fully saturated rings. The Hall–Kier alpha value is -4.07. The summed E-state index contributed by atoms with van der Waals surface area (Å²) in [5, 5.41) is 15.3. The summed E-state index contributed by atoms with van der Waals surface area (Å²) in [5.74, 6) is -0.762. The molecule has 2 aliphatic rings. The molecule has 2 aliphatic heterocycles. The minimum absolute atomic E-state index is 0.0345. The Balaban J connectivity index is 1.50. The summed E-state index contributed by atoms with van der Waals surface area (Å²) in [5.41, 5.74) is 6.34. The van der Waals surface area contributed by atoms with Crippen molar-refractivity contribution >= 4 is 40.3 Å². The van der Waals surface area contributed by atoms with Gasteiger partial charge in [0.05, 0.1) is 6.54 Å². The normalized spacial score (nSPS) is 19.1. The molecule has 4 N–H and O–H groups in total. The molecule has 11 nitrogen and oxygen atoms in total. The Morgan fingerprint density at radius 2 is 1.94 bits per heavy atom. The second-order valence-electron chi connectivity index (χ2n) is 8.43. The van der Waals surface area contributed by atoms with Crippen LogP contribution in [0.15, 0.2) is 33.7 Å². The highest BCUT2D eigenvalue weighted by molar-refractivity contribution is 6.00. The second kappa shape index (κ2) is 10.2. The van der Waals surface area contributed by atoms with Crippen LogP contribution in [0.4, 0.5) is 5.69 Å². The number of benzene rings is 1. The van der Waals surface area contributed by atoms with Crippen LogP contribution in [0.5, 0.6) is 0 Å². The lowest BCUT2D eigenvalue weighted by molar-refractivity contribution is -0.140. The van der Waals surface area contributed by atoms with Crippen LogP contribution in [0.1, 0.15) is 42.7 Å². The van der Waals surface area contributed by atoms with Crippen molar-refractivity contribution in [3.8, 4) is 6.19 Å². The third-order valence-corrected chi connectivity index (χ3v) is 6.02. The van der Waals surface area contributed by atoms with Crippen LogP contribution in [0, 0.1) is 11.5 Å². The van der Waals surface area contributed by atoms with E-state index in [1.54, 1.807) is 28.0 Å². The number of nitrogens with one attached hydrogen (secondary N) is 2. The Morgan fingerprint density at radius 1 is 1.18 bits per heavy atom. The van der Waals surface area contributed by atoms with Crippen molar-refractivity contribution in [2.75, 3.05) is 31.5 Å². The average Bonchev–Trinajstić information content (AvgIpc) is 3.46. The zero-order chi connectivity index (χ0) is 24.1. The van der Waals surface area contributed by atoms with E-state index in [4.69, 9.17) is 10.2 Å². The number of nitrogens with two attached hydrogens (primary N) is 1. The van der Waals surface area contributed by atoms with Gasteiger partial charge in [0.15, 0.2) is 12.0 Å². The van der Waals surface area contributed by atoms with Gasteiger partial charge in [0.1, 0.15) is 11.6 Å². The highest BCUT2D eigenvalue weighted by Crippen LogP contribution is 2.23. The quantitative estimate of drug-likeness (QED) is 0.260. The van der Waals surface area contributed by atoms with Gasteiger partial charge in [0, 0.05) is 30.7 Å². The fraction of sp³-hybridized carbons (Fsp3) is 0.435. The number of nitrogens with zero attached hydrogens (tertiary/aromatic N) is 4. The number of rotatable bonds is 5. The summed E-state index contributed by atoms with van der Waals surface area (Å²) in [6.45, 7) is 2.05. The van der Waals surface area contributed by atoms with Gasteiger partial charge < -0.3 is 25.3 Å². The highest BCUT2D eigenvalue weighted by atomic mass is 16.3. The molecule has 2 aromatic rings. The predicted molar refractivity (Wildman–Crippen MR) is 125 cm³/mol. The van der Waals surface area contributed by atoms with E-state index in [-0.39, 0.29) is 30.1 Å². The molecule has 0 radical (unpaired) electrons. The van der Waals surface area contributed by atoms with Crippen LogP contribution in [0.2, 0.25) is 0 Å². The lowest BCUT2D eigenvalue weighted by Gasteiger charge is -2.25. The molecule has 11 heteroatoms. The van der Waals surface area contributed by atoms with E-state index < -0.39 is 11.9 Å². The molecule has 1 atom stereocenters. The molecule has 178 valence electrons. The first-order valence-corrected chi connectivity index (χ1v) is 11.3. The molecule has 3 amide bonds. The number of carbonyl (C=O) groups excluding carboxylic acids is 3. The summed E-state index contributed by atoms with van der Waals surface area (Å²) >= 11 is 0. The fourth-order valence-electron chi connectivity index (χ4n) is 4.28. The number of nitriles is 1. The molecule has 4 rings (SSSR count). The second-order valence-corrected chi connectivity index (χ2v) is 8.43. The van der Waals surface area contributed by atoms with Crippen molar-refractivity contribution < 1.29 is 18.8 Å². The maximum absolute atomic E-state index is 13.2. The third kappa shape index (κ3) is 5.28. The van der Waals surface area contributed by atoms with Gasteiger partial charge in [-0.1, -0.05) is 0 Å². The first kappa shape index (κ1) is 23.1. The molecule has 1 aromatic carbocycles. The predicted octanol–water partition coefficient (Wildman–Crippen LogP) is 1.37. The number of anilines is 1. The Kier molecular flexibility index (Phi) is 6.96. The SMILES string of the molecule is N#CNC(=N[C@H]1CCCCN(CC(=O)N2CCCC2)C1=O)Nc1ccc2oc(C(N)=O)cc2c1. The summed E-state index contributed by atoms with van der Waals surface area (Å²) in [6.07, 6.45) is 5.92. The van der Waals surface area contributed by atoms with E-state index in [9.17, 15) is 19.6 Å². The van der Waals surface area contributed by atoms with E-state index >= 15 is 0 Å². The van der Waals surface area contributed by atoms with E-state index in [0.29, 0.717) is 29.6 Å². The van der Waals surface area contributed by atoms with Crippen LogP contribution in [-0.4, -0.2) is 65.7 Å². The maximum Gasteiger partial charge on any atom is 0.284 e. The van der Waals surface area contributed by atoms with E-state index in [1.807, 2.05) is 6.19 Å². The number of amides is 3. The molecule has 3 heterocycles. The Labute approximate surface area is 196 Å². The minimum Gasteiger partial charge on any atom is -0.451 e. The number of carbonyl (C=O) groups is 3. The molecule has 0 spiro atoms. The monoisotopic (exact) mass is 465 g/mol. The molecule has 34 heavy (non-hydrogen) atoms. The van der Waals surface area contributed by atoms with Gasteiger partial charge in [-0.2, -0.15) is 5.26 Å². The molecule has 0 bridgehead atoms. The van der Waals surface area contributed by atoms with Crippen LogP contribution in [-0.2, 0) is 9.59 Å². The van der Waals surface area contributed by atoms with Crippen LogP contribution >= 0.6 is 0 Å². The van der Waals surface area contributed by atoms with Crippen LogP contribution < -0.4 is 16.4 Å². The number of hydrogen-bond donors (Lipinski definition) is 3. The summed E-state index contributed by atoms with van der Waals surface area (Å²) < 4.78 is 5.39. The van der Waals surface area contributed by atoms with Crippen molar-refractivity contribution in [2.45, 2.75) is 38.1 Å². The molecule has 0 unspecified atom stereocenters. The van der Waals surface area contributed by atoms with Crippen molar-refractivity contribution in [1.29, 1.82) is 5.26 Å². The van der Waals surface area contributed by atoms with Crippen molar-refractivity contribution in [2.24, 2.45) is 10.7 Å². The molecular weight excluding hydrogens is 438 g/mol. The Morgan fingerprint density at radius 3 is 2.68 bits per heavy atom. The zero-order valence-corrected chi connectivity index (χ0v) is 18.7. The summed E-state index contributed by atoms with van der Waals surface area (Å²) in [4.78, 5) is 45.0. The average molecular weight is 466 g/mol. The van der Waals surface area contributed by atoms with E-state index in [0.717, 1.165) is 38.8 Å². The zero-order valence-electron chi connectivity index (χ0n) is 18.7. The van der Waals surface area contributed by atoms with Gasteiger partial charge in [-0.3, -0.25) is 19.7 Å². The van der Waals surface area contributed by atoms with E-state index in [2.05, 4.69) is 15.6 Å². The minimum atomic E-state index is -0.712. The van der Waals surface area contributed by atoms with Gasteiger partial charge in [0.2, 0.25) is 17.8 Å². The molecular formula is C23H27N7O4. The number of hydrogen-bond acceptors (Lipinski definition) is 6. The van der Waals surface area contributed by atoms with Gasteiger partial charge in [-0.15, -0.1) is 0 Å². The number of likely N-dealkylation sites (tertiary alicyclic amines) is 2. The van der Waals surface area contributed by atoms with Crippen molar-refractivity contribution in [1.82, 2.24) is 15.1 Å². The smallest absolute Gasteiger partial charge is 0.284 e. The van der Waals surface area contributed by atoms with Crippen LogP contribution in [0.25, 0.3) is 11.0 Å². The van der Waals surface area contributed by atoms with Crippen LogP contribution in [0.3, 0.4) is 0 Å². The van der Waals surface area contributed by atoms with Gasteiger partial charge in [-0.25, -0.2) is 4.99 Å². The fourth-order valence-corrected chi connectivity index (χ4v) is 4.28. The number of guanidine groups is 1. The third-order valence-electron chi connectivity index (χ3n) is 6.02. The largest absolute Gasteiger partial charge is 0.451 e. The van der Waals surface area contributed by atoms with Gasteiger partial charge >= 0.3 is 0 Å². The first-order chi connectivity index (χ1) is 16.4. The van der Waals surface area contributed by atoms with Gasteiger partial charge in [-0.05, 0) is 56.4 Å². The first-order valence-electron chi connectivity index (χ1n) is 11.3.